The monoisotopic (exact) mass is 434 g/mol. The smallest absolute Gasteiger partial charge is 0.412 e. The van der Waals surface area contributed by atoms with E-state index >= 15 is 0 Å². The molecular formula is C21H21ClF2N4O2. The number of ether oxygens (including phenoxy) is 1. The highest BCUT2D eigenvalue weighted by Crippen LogP contribution is 2.39. The molecule has 2 N–H and O–H groups in total. The second-order valence-corrected chi connectivity index (χ2v) is 8.20. The molecular weight excluding hydrogens is 414 g/mol. The lowest BCUT2D eigenvalue weighted by Gasteiger charge is -2.20. The molecule has 0 spiro atoms. The van der Waals surface area contributed by atoms with Gasteiger partial charge in [0.1, 0.15) is 17.2 Å². The van der Waals surface area contributed by atoms with Crippen molar-refractivity contribution in [2.24, 2.45) is 0 Å². The number of alkyl halides is 1. The molecule has 1 heterocycles. The van der Waals surface area contributed by atoms with Crippen LogP contribution in [-0.2, 0) is 4.74 Å². The zero-order chi connectivity index (χ0) is 22.1. The van der Waals surface area contributed by atoms with Gasteiger partial charge < -0.3 is 10.1 Å². The Labute approximate surface area is 178 Å². The molecule has 0 fully saturated rings. The molecule has 0 bridgehead atoms. The molecule has 6 nitrogen and oxygen atoms in total. The van der Waals surface area contributed by atoms with Crippen LogP contribution in [0, 0.1) is 5.82 Å². The fraction of sp³-hybridized carbons (Fsp3) is 0.286. The van der Waals surface area contributed by atoms with E-state index in [1.54, 1.807) is 32.9 Å². The first-order valence-electron chi connectivity index (χ1n) is 9.13. The van der Waals surface area contributed by atoms with E-state index < -0.39 is 23.2 Å². The number of carbonyl (C=O) groups excluding carboxylic acids is 1. The Bertz CT molecular complexity index is 1050. The first kappa shape index (κ1) is 21.7. The van der Waals surface area contributed by atoms with Crippen LogP contribution in [0.5, 0.6) is 0 Å². The largest absolute Gasteiger partial charge is 0.444 e. The average Bonchev–Trinajstić information content (AvgIpc) is 2.95. The molecule has 1 atom stereocenters. The summed E-state index contributed by atoms with van der Waals surface area (Å²) in [5.74, 6) is -0.478. The Morgan fingerprint density at radius 3 is 2.67 bits per heavy atom. The molecule has 0 saturated carbocycles. The van der Waals surface area contributed by atoms with Crippen LogP contribution in [0.4, 0.5) is 30.8 Å². The summed E-state index contributed by atoms with van der Waals surface area (Å²) in [6.07, 6.45) is 5.26. The van der Waals surface area contributed by atoms with Gasteiger partial charge in [0.25, 0.3) is 0 Å². The molecule has 1 aliphatic carbocycles. The number of hydrogen-bond donors (Lipinski definition) is 2. The van der Waals surface area contributed by atoms with Crippen molar-refractivity contribution in [1.29, 1.82) is 0 Å². The third kappa shape index (κ3) is 5.13. The van der Waals surface area contributed by atoms with E-state index in [1.165, 1.54) is 37.4 Å². The lowest BCUT2D eigenvalue weighted by Crippen LogP contribution is -2.27. The topological polar surface area (TPSA) is 76.1 Å². The van der Waals surface area contributed by atoms with Crippen LogP contribution in [0.25, 0.3) is 5.57 Å². The van der Waals surface area contributed by atoms with Gasteiger partial charge in [-0.1, -0.05) is 12.2 Å². The number of nitrogens with zero attached hydrogens (tertiary/aromatic N) is 2. The van der Waals surface area contributed by atoms with Crippen LogP contribution in [0.3, 0.4) is 0 Å². The minimum Gasteiger partial charge on any atom is -0.444 e. The molecule has 1 amide bonds. The summed E-state index contributed by atoms with van der Waals surface area (Å²) in [4.78, 5) is 20.0. The number of allylic oxidation sites excluding steroid dienone is 4. The Morgan fingerprint density at radius 2 is 2.03 bits per heavy atom. The zero-order valence-corrected chi connectivity index (χ0v) is 17.6. The Morgan fingerprint density at radius 1 is 1.30 bits per heavy atom. The normalized spacial score (nSPS) is 18.2. The van der Waals surface area contributed by atoms with Gasteiger partial charge in [-0.15, -0.1) is 0 Å². The highest BCUT2D eigenvalue weighted by Gasteiger charge is 2.31. The summed E-state index contributed by atoms with van der Waals surface area (Å²) in [5.41, 5.74) is -1.46. The fourth-order valence-corrected chi connectivity index (χ4v) is 2.96. The van der Waals surface area contributed by atoms with E-state index in [0.29, 0.717) is 16.8 Å². The maximum absolute atomic E-state index is 14.8. The molecule has 3 rings (SSSR count). The van der Waals surface area contributed by atoms with Gasteiger partial charge in [-0.25, -0.2) is 18.6 Å². The molecule has 9 heteroatoms. The van der Waals surface area contributed by atoms with Gasteiger partial charge in [-0.05, 0) is 63.6 Å². The molecule has 30 heavy (non-hydrogen) atoms. The summed E-state index contributed by atoms with van der Waals surface area (Å²) in [7, 11) is 0. The highest BCUT2D eigenvalue weighted by atomic mass is 35.5. The fourth-order valence-electron chi connectivity index (χ4n) is 2.83. The molecule has 0 saturated heterocycles. The van der Waals surface area contributed by atoms with Gasteiger partial charge in [0.15, 0.2) is 5.67 Å². The molecule has 1 aromatic carbocycles. The number of hydrogen-bond acceptors (Lipinski definition) is 5. The van der Waals surface area contributed by atoms with Gasteiger partial charge in [0.05, 0.1) is 5.69 Å². The van der Waals surface area contributed by atoms with Gasteiger partial charge in [0.2, 0.25) is 5.28 Å². The summed E-state index contributed by atoms with van der Waals surface area (Å²) in [6, 6.07) is 3.93. The van der Waals surface area contributed by atoms with Crippen molar-refractivity contribution >= 4 is 40.5 Å². The molecule has 0 unspecified atom stereocenters. The summed E-state index contributed by atoms with van der Waals surface area (Å²) in [6.45, 7) is 6.59. The molecule has 1 aliphatic rings. The van der Waals surface area contributed by atoms with Crippen LogP contribution < -0.4 is 10.6 Å². The number of rotatable bonds is 4. The first-order chi connectivity index (χ1) is 13.9. The van der Waals surface area contributed by atoms with Crippen molar-refractivity contribution in [2.75, 3.05) is 10.6 Å². The summed E-state index contributed by atoms with van der Waals surface area (Å²) < 4.78 is 34.4. The van der Waals surface area contributed by atoms with Crippen molar-refractivity contribution in [2.45, 2.75) is 39.0 Å². The maximum atomic E-state index is 14.8. The van der Waals surface area contributed by atoms with Crippen LogP contribution in [-0.4, -0.2) is 27.3 Å². The quantitative estimate of drug-likeness (QED) is 0.573. The minimum atomic E-state index is -1.73. The number of nitrogens with one attached hydrogen (secondary N) is 2. The summed E-state index contributed by atoms with van der Waals surface area (Å²) >= 11 is 5.90. The van der Waals surface area contributed by atoms with E-state index in [-0.39, 0.29) is 16.8 Å². The van der Waals surface area contributed by atoms with Crippen LogP contribution in [0.2, 0.25) is 5.28 Å². The van der Waals surface area contributed by atoms with E-state index in [0.717, 1.165) is 0 Å². The predicted octanol–water partition coefficient (Wildman–Crippen LogP) is 6.04. The van der Waals surface area contributed by atoms with Gasteiger partial charge in [-0.2, -0.15) is 4.98 Å². The zero-order valence-electron chi connectivity index (χ0n) is 16.9. The molecule has 0 aliphatic heterocycles. The molecule has 158 valence electrons. The highest BCUT2D eigenvalue weighted by molar-refractivity contribution is 6.28. The number of amides is 1. The van der Waals surface area contributed by atoms with Crippen molar-refractivity contribution in [3.05, 3.63) is 59.3 Å². The first-order valence-corrected chi connectivity index (χ1v) is 9.51. The van der Waals surface area contributed by atoms with Gasteiger partial charge in [-0.3, -0.25) is 5.32 Å². The van der Waals surface area contributed by atoms with E-state index in [4.69, 9.17) is 16.3 Å². The van der Waals surface area contributed by atoms with Crippen molar-refractivity contribution < 1.29 is 18.3 Å². The predicted molar refractivity (Wildman–Crippen MR) is 113 cm³/mol. The van der Waals surface area contributed by atoms with Crippen molar-refractivity contribution in [3.63, 3.8) is 0 Å². The third-order valence-corrected chi connectivity index (χ3v) is 4.30. The second-order valence-electron chi connectivity index (χ2n) is 7.86. The SMILES string of the molecule is CC(C)(C)OC(=O)Nc1ccc(F)c(Nc2nc(Cl)ncc2C2=CC=C[C@@]2(C)F)c1. The lowest BCUT2D eigenvalue weighted by molar-refractivity contribution is 0.0636. The third-order valence-electron chi connectivity index (χ3n) is 4.11. The number of carbonyl (C=O) groups is 1. The van der Waals surface area contributed by atoms with Gasteiger partial charge in [0, 0.05) is 23.0 Å². The van der Waals surface area contributed by atoms with Crippen LogP contribution >= 0.6 is 11.6 Å². The van der Waals surface area contributed by atoms with E-state index in [2.05, 4.69) is 20.6 Å². The van der Waals surface area contributed by atoms with Crippen molar-refractivity contribution in [1.82, 2.24) is 9.97 Å². The summed E-state index contributed by atoms with van der Waals surface area (Å²) in [5, 5.41) is 5.27. The molecule has 1 aromatic heterocycles. The lowest BCUT2D eigenvalue weighted by atomic mass is 9.95. The van der Waals surface area contributed by atoms with Crippen LogP contribution in [0.15, 0.2) is 42.6 Å². The Hall–Kier alpha value is -3.00. The molecule has 0 radical (unpaired) electrons. The second kappa shape index (κ2) is 8.02. The molecule has 2 aromatic rings. The van der Waals surface area contributed by atoms with E-state index in [9.17, 15) is 13.6 Å². The number of benzene rings is 1. The Balaban J connectivity index is 1.90. The average molecular weight is 435 g/mol. The number of aromatic nitrogens is 2. The minimum absolute atomic E-state index is 0.00620. The maximum Gasteiger partial charge on any atom is 0.412 e. The van der Waals surface area contributed by atoms with Crippen molar-refractivity contribution in [3.8, 4) is 0 Å². The number of halogens is 3. The number of anilines is 3. The van der Waals surface area contributed by atoms with Crippen LogP contribution in [0.1, 0.15) is 33.3 Å². The standard InChI is InChI=1S/C21H21ClF2N4O2/c1-20(2,3)30-19(29)26-12-7-8-15(23)16(10-12)27-17-13(11-25-18(22)28-17)14-6-5-9-21(14,4)24/h5-11H,1-4H3,(H,26,29)(H,25,27,28)/t21-/m1/s1. The van der Waals surface area contributed by atoms with E-state index in [1.807, 2.05) is 0 Å². The Kier molecular flexibility index (Phi) is 5.81. The van der Waals surface area contributed by atoms with Gasteiger partial charge >= 0.3 is 6.09 Å².